The molecule has 0 fully saturated rings. The lowest BCUT2D eigenvalue weighted by Crippen LogP contribution is -1.96. The third-order valence-corrected chi connectivity index (χ3v) is 3.16. The van der Waals surface area contributed by atoms with Gasteiger partial charge in [-0.3, -0.25) is 15.0 Å². The zero-order chi connectivity index (χ0) is 14.7. The van der Waals surface area contributed by atoms with Gasteiger partial charge in [-0.1, -0.05) is 41.9 Å². The van der Waals surface area contributed by atoms with Gasteiger partial charge in [-0.15, -0.1) is 5.11 Å². The molecule has 2 aromatic carbocycles. The first kappa shape index (κ1) is 13.3. The maximum Gasteiger partial charge on any atom is 0.292 e. The SMILES string of the molecule is O=c1[nH][nH]c(-c2ccc(Cl)cc2)c1N=Nc1ccccc1. The zero-order valence-electron chi connectivity index (χ0n) is 10.9. The number of rotatable bonds is 3. The summed E-state index contributed by atoms with van der Waals surface area (Å²) in [4.78, 5) is 11.8. The third-order valence-electron chi connectivity index (χ3n) is 2.91. The summed E-state index contributed by atoms with van der Waals surface area (Å²) in [6.07, 6.45) is 0. The number of benzene rings is 2. The number of nitrogens with zero attached hydrogens (tertiary/aromatic N) is 2. The highest BCUT2D eigenvalue weighted by Gasteiger charge is 2.11. The second-order valence-electron chi connectivity index (χ2n) is 4.35. The fraction of sp³-hybridized carbons (Fsp3) is 0. The van der Waals surface area contributed by atoms with Gasteiger partial charge < -0.3 is 0 Å². The van der Waals surface area contributed by atoms with Crippen LogP contribution in [0.25, 0.3) is 11.3 Å². The maximum atomic E-state index is 11.8. The van der Waals surface area contributed by atoms with E-state index in [9.17, 15) is 4.79 Å². The molecule has 6 heteroatoms. The highest BCUT2D eigenvalue weighted by Crippen LogP contribution is 2.27. The minimum absolute atomic E-state index is 0.237. The lowest BCUT2D eigenvalue weighted by Gasteiger charge is -1.98. The molecular formula is C15H11ClN4O. The Morgan fingerprint density at radius 2 is 1.57 bits per heavy atom. The van der Waals surface area contributed by atoms with Crippen LogP contribution in [0, 0.1) is 0 Å². The van der Waals surface area contributed by atoms with E-state index >= 15 is 0 Å². The average molecular weight is 299 g/mol. The molecule has 0 bridgehead atoms. The first-order valence-electron chi connectivity index (χ1n) is 6.27. The summed E-state index contributed by atoms with van der Waals surface area (Å²) in [5.74, 6) is 0. The smallest absolute Gasteiger partial charge is 0.292 e. The molecule has 0 saturated carbocycles. The molecule has 0 spiro atoms. The third kappa shape index (κ3) is 2.93. The van der Waals surface area contributed by atoms with Crippen molar-refractivity contribution in [2.75, 3.05) is 0 Å². The summed E-state index contributed by atoms with van der Waals surface area (Å²) in [6, 6.07) is 16.3. The van der Waals surface area contributed by atoms with Crippen molar-refractivity contribution >= 4 is 23.0 Å². The molecule has 5 nitrogen and oxygen atoms in total. The monoisotopic (exact) mass is 298 g/mol. The lowest BCUT2D eigenvalue weighted by molar-refractivity contribution is 1.06. The highest BCUT2D eigenvalue weighted by molar-refractivity contribution is 6.30. The molecule has 0 amide bonds. The van der Waals surface area contributed by atoms with Crippen molar-refractivity contribution in [2.45, 2.75) is 0 Å². The molecule has 0 saturated heterocycles. The molecule has 1 aromatic heterocycles. The number of aromatic amines is 2. The molecule has 3 aromatic rings. The van der Waals surface area contributed by atoms with Gasteiger partial charge in [0.2, 0.25) is 0 Å². The van der Waals surface area contributed by atoms with Gasteiger partial charge in [0.1, 0.15) is 0 Å². The number of hydrogen-bond acceptors (Lipinski definition) is 3. The topological polar surface area (TPSA) is 73.4 Å². The molecular weight excluding hydrogens is 288 g/mol. The maximum absolute atomic E-state index is 11.8. The molecule has 0 atom stereocenters. The molecule has 3 rings (SSSR count). The number of halogens is 1. The van der Waals surface area contributed by atoms with Crippen LogP contribution in [0.4, 0.5) is 11.4 Å². The predicted molar refractivity (Wildman–Crippen MR) is 82.5 cm³/mol. The largest absolute Gasteiger partial charge is 0.295 e. The Bertz CT molecular complexity index is 819. The first-order chi connectivity index (χ1) is 10.2. The van der Waals surface area contributed by atoms with E-state index in [1.165, 1.54) is 0 Å². The van der Waals surface area contributed by atoms with Crippen molar-refractivity contribution in [3.8, 4) is 11.3 Å². The summed E-state index contributed by atoms with van der Waals surface area (Å²) in [5, 5.41) is 14.1. The van der Waals surface area contributed by atoms with Crippen LogP contribution < -0.4 is 5.56 Å². The Balaban J connectivity index is 2.00. The molecule has 0 unspecified atom stereocenters. The second-order valence-corrected chi connectivity index (χ2v) is 4.78. The van der Waals surface area contributed by atoms with E-state index in [-0.39, 0.29) is 11.2 Å². The van der Waals surface area contributed by atoms with Crippen molar-refractivity contribution in [3.05, 3.63) is 70.0 Å². The number of H-pyrrole nitrogens is 2. The molecule has 2 N–H and O–H groups in total. The molecule has 0 aliphatic heterocycles. The number of hydrogen-bond donors (Lipinski definition) is 2. The molecule has 104 valence electrons. The Labute approximate surface area is 125 Å². The molecule has 0 aliphatic rings. The number of nitrogens with one attached hydrogen (secondary N) is 2. The van der Waals surface area contributed by atoms with E-state index in [2.05, 4.69) is 20.4 Å². The van der Waals surface area contributed by atoms with Crippen LogP contribution in [0.3, 0.4) is 0 Å². The Kier molecular flexibility index (Phi) is 3.66. The molecule has 0 radical (unpaired) electrons. The summed E-state index contributed by atoms with van der Waals surface area (Å²) < 4.78 is 0. The zero-order valence-corrected chi connectivity index (χ0v) is 11.6. The van der Waals surface area contributed by atoms with E-state index in [0.29, 0.717) is 16.4 Å². The Morgan fingerprint density at radius 3 is 2.29 bits per heavy atom. The standard InChI is InChI=1S/C15H11ClN4O/c16-11-8-6-10(7-9-11)13-14(15(21)20-18-13)19-17-12-4-2-1-3-5-12/h1-9H,(H2,18,20,21). The lowest BCUT2D eigenvalue weighted by atomic mass is 10.1. The van der Waals surface area contributed by atoms with E-state index in [0.717, 1.165) is 5.56 Å². The summed E-state index contributed by atoms with van der Waals surface area (Å²) in [7, 11) is 0. The molecule has 0 aliphatic carbocycles. The molecule has 1 heterocycles. The quantitative estimate of drug-likeness (QED) is 0.689. The fourth-order valence-electron chi connectivity index (χ4n) is 1.87. The fourth-order valence-corrected chi connectivity index (χ4v) is 2.00. The van der Waals surface area contributed by atoms with Crippen LogP contribution >= 0.6 is 11.6 Å². The second kappa shape index (κ2) is 5.76. The minimum Gasteiger partial charge on any atom is -0.295 e. The van der Waals surface area contributed by atoms with Gasteiger partial charge in [0, 0.05) is 10.6 Å². The average Bonchev–Trinajstić information content (AvgIpc) is 2.88. The van der Waals surface area contributed by atoms with Gasteiger partial charge in [-0.2, -0.15) is 5.11 Å². The summed E-state index contributed by atoms with van der Waals surface area (Å²) >= 11 is 5.86. The van der Waals surface area contributed by atoms with Crippen LogP contribution in [0.2, 0.25) is 5.02 Å². The Hall–Kier alpha value is -2.66. The van der Waals surface area contributed by atoms with Crippen molar-refractivity contribution in [2.24, 2.45) is 10.2 Å². The Morgan fingerprint density at radius 1 is 0.857 bits per heavy atom. The van der Waals surface area contributed by atoms with Crippen molar-refractivity contribution < 1.29 is 0 Å². The number of azo groups is 1. The highest BCUT2D eigenvalue weighted by atomic mass is 35.5. The van der Waals surface area contributed by atoms with Gasteiger partial charge in [0.15, 0.2) is 5.69 Å². The van der Waals surface area contributed by atoms with E-state index in [4.69, 9.17) is 11.6 Å². The van der Waals surface area contributed by atoms with E-state index < -0.39 is 0 Å². The van der Waals surface area contributed by atoms with Gasteiger partial charge in [-0.25, -0.2) is 0 Å². The van der Waals surface area contributed by atoms with Gasteiger partial charge in [0.05, 0.1) is 11.4 Å². The van der Waals surface area contributed by atoms with Gasteiger partial charge >= 0.3 is 0 Å². The van der Waals surface area contributed by atoms with Crippen LogP contribution in [-0.2, 0) is 0 Å². The predicted octanol–water partition coefficient (Wildman–Crippen LogP) is 4.44. The van der Waals surface area contributed by atoms with Crippen LogP contribution in [-0.4, -0.2) is 10.2 Å². The van der Waals surface area contributed by atoms with Gasteiger partial charge in [-0.05, 0) is 24.3 Å². The van der Waals surface area contributed by atoms with E-state index in [1.54, 1.807) is 12.1 Å². The van der Waals surface area contributed by atoms with Crippen LogP contribution in [0.15, 0.2) is 69.6 Å². The summed E-state index contributed by atoms with van der Waals surface area (Å²) in [6.45, 7) is 0. The summed E-state index contributed by atoms with van der Waals surface area (Å²) in [5.41, 5.74) is 1.98. The van der Waals surface area contributed by atoms with Crippen LogP contribution in [0.1, 0.15) is 0 Å². The molecule has 21 heavy (non-hydrogen) atoms. The first-order valence-corrected chi connectivity index (χ1v) is 6.65. The van der Waals surface area contributed by atoms with E-state index in [1.807, 2.05) is 42.5 Å². The van der Waals surface area contributed by atoms with Crippen molar-refractivity contribution in [1.29, 1.82) is 0 Å². The van der Waals surface area contributed by atoms with Gasteiger partial charge in [0.25, 0.3) is 5.56 Å². The van der Waals surface area contributed by atoms with Crippen molar-refractivity contribution in [1.82, 2.24) is 10.2 Å². The minimum atomic E-state index is -0.320. The normalized spacial score (nSPS) is 11.1. The van der Waals surface area contributed by atoms with Crippen molar-refractivity contribution in [3.63, 3.8) is 0 Å². The number of aromatic nitrogens is 2. The van der Waals surface area contributed by atoms with Crippen LogP contribution in [0.5, 0.6) is 0 Å².